The molecule has 1 fully saturated rings. The van der Waals surface area contributed by atoms with Gasteiger partial charge in [0.05, 0.1) is 5.52 Å². The number of sulfonamides is 1. The van der Waals surface area contributed by atoms with E-state index in [0.29, 0.717) is 47.5 Å². The van der Waals surface area contributed by atoms with Crippen LogP contribution in [0.4, 0.5) is 39.3 Å². The van der Waals surface area contributed by atoms with Crippen molar-refractivity contribution in [3.8, 4) is 11.1 Å². The van der Waals surface area contributed by atoms with Gasteiger partial charge in [0.15, 0.2) is 5.82 Å². The fraction of sp³-hybridized carbons (Fsp3) is 0.231. The van der Waals surface area contributed by atoms with E-state index in [4.69, 9.17) is 0 Å². The quantitative estimate of drug-likeness (QED) is 0.233. The lowest BCUT2D eigenvalue weighted by Gasteiger charge is -2.29. The lowest BCUT2D eigenvalue weighted by Crippen LogP contribution is -2.44. The van der Waals surface area contributed by atoms with E-state index in [1.54, 1.807) is 18.2 Å². The first-order chi connectivity index (χ1) is 20.4. The summed E-state index contributed by atoms with van der Waals surface area (Å²) in [6, 6.07) is 7.39. The fourth-order valence-electron chi connectivity index (χ4n) is 4.42. The number of benzene rings is 2. The molecular formula is C26H22F5N7O4S. The maximum atomic E-state index is 14.6. The van der Waals surface area contributed by atoms with E-state index < -0.39 is 48.9 Å². The summed E-state index contributed by atoms with van der Waals surface area (Å²) in [6.07, 6.45) is -2.90. The third-order valence-corrected chi connectivity index (χ3v) is 8.05. The number of hydrogen-bond donors (Lipinski definition) is 2. The molecule has 4 aromatic rings. The zero-order valence-corrected chi connectivity index (χ0v) is 23.0. The average molecular weight is 624 g/mol. The molecule has 2 aromatic heterocycles. The van der Waals surface area contributed by atoms with Gasteiger partial charge in [0.1, 0.15) is 34.4 Å². The van der Waals surface area contributed by atoms with Crippen molar-refractivity contribution in [2.45, 2.75) is 11.1 Å². The molecule has 2 N–H and O–H groups in total. The van der Waals surface area contributed by atoms with Gasteiger partial charge in [-0.2, -0.15) is 21.6 Å². The molecule has 1 saturated heterocycles. The number of nitrogens with zero attached hydrogens (tertiary/aromatic N) is 5. The van der Waals surface area contributed by atoms with Crippen molar-refractivity contribution in [1.29, 1.82) is 0 Å². The first kappa shape index (κ1) is 29.8. The van der Waals surface area contributed by atoms with Crippen molar-refractivity contribution in [3.05, 3.63) is 66.6 Å². The number of anilines is 3. The van der Waals surface area contributed by atoms with Crippen molar-refractivity contribution >= 4 is 44.2 Å². The second-order valence-electron chi connectivity index (χ2n) is 9.19. The summed E-state index contributed by atoms with van der Waals surface area (Å²) >= 11 is 0. The zero-order chi connectivity index (χ0) is 30.9. The number of hydrogen-bond acceptors (Lipinski definition) is 10. The SMILES string of the molecule is CNc1ncc(-c2ccc3ncnc(N4CCNCC4)c3c2)cc1N(OC(=O)C(F)(F)F)S(=O)(=O)c1ccc(F)cc1F. The fourth-order valence-corrected chi connectivity index (χ4v) is 5.71. The molecule has 0 saturated carbocycles. The molecule has 2 aromatic carbocycles. The average Bonchev–Trinajstić information content (AvgIpc) is 2.98. The van der Waals surface area contributed by atoms with E-state index in [0.717, 1.165) is 19.2 Å². The number of pyridine rings is 1. The van der Waals surface area contributed by atoms with Crippen molar-refractivity contribution in [2.24, 2.45) is 0 Å². The number of carbonyl (C=O) groups excluding carboxylic acids is 1. The van der Waals surface area contributed by atoms with Crippen LogP contribution in [0, 0.1) is 11.6 Å². The number of rotatable bonds is 7. The van der Waals surface area contributed by atoms with Gasteiger partial charge in [0, 0.05) is 56.4 Å². The number of piperazine rings is 1. The summed E-state index contributed by atoms with van der Waals surface area (Å²) in [5, 5.41) is 6.41. The number of aromatic nitrogens is 3. The van der Waals surface area contributed by atoms with Crippen LogP contribution in [-0.2, 0) is 19.7 Å². The number of halogens is 5. The van der Waals surface area contributed by atoms with Crippen LogP contribution >= 0.6 is 0 Å². The number of alkyl halides is 3. The first-order valence-electron chi connectivity index (χ1n) is 12.6. The summed E-state index contributed by atoms with van der Waals surface area (Å²) in [5.41, 5.74) is 0.534. The first-order valence-corrected chi connectivity index (χ1v) is 14.0. The highest BCUT2D eigenvalue weighted by Crippen LogP contribution is 2.36. The molecule has 1 aliphatic heterocycles. The monoisotopic (exact) mass is 623 g/mol. The Bertz CT molecular complexity index is 1800. The van der Waals surface area contributed by atoms with Crippen molar-refractivity contribution in [1.82, 2.24) is 20.3 Å². The molecule has 0 aliphatic carbocycles. The Balaban J connectivity index is 1.66. The molecular weight excluding hydrogens is 601 g/mol. The van der Waals surface area contributed by atoms with Gasteiger partial charge >= 0.3 is 12.1 Å². The van der Waals surface area contributed by atoms with E-state index in [1.807, 2.05) is 0 Å². The molecule has 17 heteroatoms. The Hall–Kier alpha value is -4.64. The normalized spacial score (nSPS) is 14.0. The van der Waals surface area contributed by atoms with E-state index in [-0.39, 0.29) is 17.4 Å². The summed E-state index contributed by atoms with van der Waals surface area (Å²) in [4.78, 5) is 29.8. The third kappa shape index (κ3) is 5.98. The van der Waals surface area contributed by atoms with Crippen LogP contribution in [0.25, 0.3) is 22.0 Å². The van der Waals surface area contributed by atoms with Gasteiger partial charge in [0.2, 0.25) is 0 Å². The van der Waals surface area contributed by atoms with Crippen molar-refractivity contribution < 1.29 is 40.0 Å². The molecule has 11 nitrogen and oxygen atoms in total. The lowest BCUT2D eigenvalue weighted by atomic mass is 10.0. The van der Waals surface area contributed by atoms with Gasteiger partial charge in [-0.05, 0) is 35.9 Å². The lowest BCUT2D eigenvalue weighted by molar-refractivity contribution is -0.199. The highest BCUT2D eigenvalue weighted by Gasteiger charge is 2.46. The minimum absolute atomic E-state index is 0.189. The second-order valence-corrected chi connectivity index (χ2v) is 10.9. The van der Waals surface area contributed by atoms with E-state index in [1.165, 1.54) is 19.6 Å². The standard InChI is InChI=1S/C26H22F5N7O4S/c1-32-23-21(38(42-25(39)26(29,30)31)43(40,41)22-5-3-17(27)12-19(22)28)11-16(13-34-23)15-2-4-20-18(10-15)24(36-14-35-20)37-8-6-33-7-9-37/h2-5,10-14,33H,6-9H2,1H3,(H,32,34). The minimum atomic E-state index is -5.63. The summed E-state index contributed by atoms with van der Waals surface area (Å²) in [6.45, 7) is 2.82. The van der Waals surface area contributed by atoms with Crippen LogP contribution in [0.15, 0.2) is 59.9 Å². The van der Waals surface area contributed by atoms with Crippen LogP contribution in [0.2, 0.25) is 0 Å². The number of nitrogens with one attached hydrogen (secondary N) is 2. The smallest absolute Gasteiger partial charge is 0.371 e. The molecule has 0 atom stereocenters. The number of carbonyl (C=O) groups is 1. The van der Waals surface area contributed by atoms with Crippen molar-refractivity contribution in [3.63, 3.8) is 0 Å². The maximum Gasteiger partial charge on any atom is 0.493 e. The highest BCUT2D eigenvalue weighted by atomic mass is 32.2. The Kier molecular flexibility index (Phi) is 8.02. The molecule has 43 heavy (non-hydrogen) atoms. The topological polar surface area (TPSA) is 130 Å². The maximum absolute atomic E-state index is 14.6. The van der Waals surface area contributed by atoms with Gasteiger partial charge in [-0.3, -0.25) is 0 Å². The predicted octanol–water partition coefficient (Wildman–Crippen LogP) is 3.64. The minimum Gasteiger partial charge on any atom is -0.371 e. The molecule has 0 spiro atoms. The molecule has 5 rings (SSSR count). The summed E-state index contributed by atoms with van der Waals surface area (Å²) in [5.74, 6) is -5.37. The molecule has 0 bridgehead atoms. The summed E-state index contributed by atoms with van der Waals surface area (Å²) < 4.78 is 94.4. The van der Waals surface area contributed by atoms with Crippen LogP contribution < -0.4 is 20.0 Å². The molecule has 1 aliphatic rings. The van der Waals surface area contributed by atoms with Gasteiger partial charge in [-0.25, -0.2) is 28.5 Å². The van der Waals surface area contributed by atoms with Crippen LogP contribution in [0.3, 0.4) is 0 Å². The Morgan fingerprint density at radius 3 is 2.44 bits per heavy atom. The van der Waals surface area contributed by atoms with Gasteiger partial charge in [-0.1, -0.05) is 10.5 Å². The van der Waals surface area contributed by atoms with Gasteiger partial charge < -0.3 is 20.4 Å². The van der Waals surface area contributed by atoms with Crippen LogP contribution in [-0.4, -0.2) is 68.7 Å². The second kappa shape index (κ2) is 11.6. The number of fused-ring (bicyclic) bond motifs is 1. The van der Waals surface area contributed by atoms with Gasteiger partial charge in [-0.15, -0.1) is 0 Å². The van der Waals surface area contributed by atoms with Gasteiger partial charge in [0.25, 0.3) is 10.0 Å². The molecule has 0 unspecified atom stereocenters. The molecule has 226 valence electrons. The van der Waals surface area contributed by atoms with Crippen LogP contribution in [0.5, 0.6) is 0 Å². The molecule has 3 heterocycles. The predicted molar refractivity (Wildman–Crippen MR) is 146 cm³/mol. The zero-order valence-electron chi connectivity index (χ0n) is 22.2. The Morgan fingerprint density at radius 2 is 1.77 bits per heavy atom. The largest absolute Gasteiger partial charge is 0.493 e. The van der Waals surface area contributed by atoms with E-state index >= 15 is 0 Å². The van der Waals surface area contributed by atoms with Crippen molar-refractivity contribution in [2.75, 3.05) is 47.9 Å². The molecule has 0 radical (unpaired) electrons. The van der Waals surface area contributed by atoms with E-state index in [9.17, 15) is 35.2 Å². The van der Waals surface area contributed by atoms with E-state index in [2.05, 4.69) is 35.3 Å². The van der Waals surface area contributed by atoms with Crippen LogP contribution in [0.1, 0.15) is 0 Å². The molecule has 0 amide bonds. The Labute approximate surface area is 241 Å². The highest BCUT2D eigenvalue weighted by molar-refractivity contribution is 7.92. The third-order valence-electron chi connectivity index (χ3n) is 6.45. The Morgan fingerprint density at radius 1 is 1.02 bits per heavy atom. The summed E-state index contributed by atoms with van der Waals surface area (Å²) in [7, 11) is -4.12.